The Labute approximate surface area is 133 Å². The standard InChI is InChI=1S/C12H14I.CHF3O3S/c1-2-3-4-8-11-13-12-9-6-5-7-10-12;2-1(3,4)8(5,6)7/h5-7,9-10H,2-4H2,1H3;(H,5,6,7)/q+1;. The summed E-state index contributed by atoms with van der Waals surface area (Å²) in [6.07, 6.45) is 3.56. The van der Waals surface area contributed by atoms with E-state index in [0.29, 0.717) is 0 Å². The van der Waals surface area contributed by atoms with Crippen molar-refractivity contribution in [1.29, 1.82) is 0 Å². The summed E-state index contributed by atoms with van der Waals surface area (Å²) >= 11 is -0.0522. The molecule has 1 aromatic carbocycles. The van der Waals surface area contributed by atoms with E-state index in [-0.39, 0.29) is 21.2 Å². The molecule has 0 fully saturated rings. The highest BCUT2D eigenvalue weighted by Gasteiger charge is 2.44. The fourth-order valence-corrected chi connectivity index (χ4v) is 2.42. The molecule has 8 heteroatoms. The molecule has 1 rings (SSSR count). The maximum absolute atomic E-state index is 10.7. The molecule has 0 amide bonds. The van der Waals surface area contributed by atoms with Crippen molar-refractivity contribution in [3.63, 3.8) is 0 Å². The van der Waals surface area contributed by atoms with Gasteiger partial charge in [-0.2, -0.15) is 21.6 Å². The summed E-state index contributed by atoms with van der Waals surface area (Å²) in [5.41, 5.74) is -5.53. The van der Waals surface area contributed by atoms with Gasteiger partial charge in [-0.1, -0.05) is 31.5 Å². The number of unbranched alkanes of at least 4 members (excludes halogenated alkanes) is 2. The van der Waals surface area contributed by atoms with Gasteiger partial charge in [-0.15, -0.1) is 0 Å². The van der Waals surface area contributed by atoms with E-state index >= 15 is 0 Å². The Morgan fingerprint density at radius 2 is 1.76 bits per heavy atom. The van der Waals surface area contributed by atoms with Crippen molar-refractivity contribution >= 4 is 10.1 Å². The number of hydrogen-bond acceptors (Lipinski definition) is 2. The van der Waals surface area contributed by atoms with E-state index < -0.39 is 15.6 Å². The second kappa shape index (κ2) is 10.0. The quantitative estimate of drug-likeness (QED) is 0.247. The molecule has 0 saturated heterocycles. The molecule has 0 aromatic heterocycles. The summed E-state index contributed by atoms with van der Waals surface area (Å²) in [6, 6.07) is 10.6. The molecule has 0 spiro atoms. The average molecular weight is 435 g/mol. The van der Waals surface area contributed by atoms with Crippen LogP contribution < -0.4 is 21.2 Å². The van der Waals surface area contributed by atoms with Gasteiger partial charge in [0.25, 0.3) is 0 Å². The minimum Gasteiger partial charge on any atom is -0.279 e. The highest BCUT2D eigenvalue weighted by atomic mass is 127. The molecule has 0 heterocycles. The van der Waals surface area contributed by atoms with Crippen molar-refractivity contribution in [2.24, 2.45) is 0 Å². The predicted octanol–water partition coefficient (Wildman–Crippen LogP) is 0.490. The number of benzene rings is 1. The van der Waals surface area contributed by atoms with Crippen LogP contribution >= 0.6 is 0 Å². The Balaban J connectivity index is 0.000000433. The third-order valence-electron chi connectivity index (χ3n) is 1.90. The molecule has 1 N–H and O–H groups in total. The van der Waals surface area contributed by atoms with Crippen molar-refractivity contribution in [3.05, 3.63) is 33.9 Å². The Morgan fingerprint density at radius 3 is 2.19 bits per heavy atom. The first kappa shape index (κ1) is 20.2. The number of rotatable bonds is 3. The van der Waals surface area contributed by atoms with Gasteiger partial charge < -0.3 is 0 Å². The Hall–Kier alpha value is -0.790. The first-order chi connectivity index (χ1) is 9.68. The zero-order chi connectivity index (χ0) is 16.4. The van der Waals surface area contributed by atoms with Gasteiger partial charge in [0, 0.05) is 6.42 Å². The van der Waals surface area contributed by atoms with Crippen LogP contribution in [0.5, 0.6) is 0 Å². The first-order valence-electron chi connectivity index (χ1n) is 5.89. The zero-order valence-corrected chi connectivity index (χ0v) is 14.2. The number of alkyl halides is 3. The maximum Gasteiger partial charge on any atom is 0.522 e. The fourth-order valence-electron chi connectivity index (χ4n) is 0.878. The van der Waals surface area contributed by atoms with Gasteiger partial charge in [-0.25, -0.2) is 0 Å². The third-order valence-corrected chi connectivity index (χ3v) is 4.48. The fraction of sp³-hybridized carbons (Fsp3) is 0.385. The molecule has 0 bridgehead atoms. The monoisotopic (exact) mass is 435 g/mol. The van der Waals surface area contributed by atoms with Gasteiger partial charge in [0.2, 0.25) is 3.57 Å². The van der Waals surface area contributed by atoms with E-state index in [1.807, 2.05) is 0 Å². The molecule has 1 aromatic rings. The van der Waals surface area contributed by atoms with Crippen LogP contribution in [0.2, 0.25) is 0 Å². The highest BCUT2D eigenvalue weighted by Crippen LogP contribution is 2.20. The van der Waals surface area contributed by atoms with Crippen LogP contribution in [0.4, 0.5) is 13.2 Å². The van der Waals surface area contributed by atoms with E-state index in [1.54, 1.807) is 0 Å². The molecular formula is C13H15F3IO3S+. The van der Waals surface area contributed by atoms with Crippen molar-refractivity contribution in [2.45, 2.75) is 31.7 Å². The Morgan fingerprint density at radius 1 is 1.24 bits per heavy atom. The molecule has 0 atom stereocenters. The summed E-state index contributed by atoms with van der Waals surface area (Å²) in [4.78, 5) is 0. The van der Waals surface area contributed by atoms with Crippen molar-refractivity contribution < 1.29 is 47.3 Å². The molecule has 0 radical (unpaired) electrons. The lowest BCUT2D eigenvalue weighted by atomic mass is 10.3. The predicted molar refractivity (Wildman–Crippen MR) is 70.0 cm³/mol. The number of halogens is 4. The van der Waals surface area contributed by atoms with Gasteiger partial charge >= 0.3 is 36.8 Å². The molecule has 0 unspecified atom stereocenters. The van der Waals surface area contributed by atoms with Crippen LogP contribution in [0.1, 0.15) is 26.2 Å². The Kier molecular flexibility index (Phi) is 9.65. The van der Waals surface area contributed by atoms with Crippen LogP contribution in [-0.4, -0.2) is 18.5 Å². The molecular weight excluding hydrogens is 420 g/mol. The van der Waals surface area contributed by atoms with Gasteiger partial charge in [0.05, 0.1) is 0 Å². The van der Waals surface area contributed by atoms with Crippen LogP contribution in [0.3, 0.4) is 0 Å². The lowest BCUT2D eigenvalue weighted by molar-refractivity contribution is -0.535. The lowest BCUT2D eigenvalue weighted by Crippen LogP contribution is -3.59. The summed E-state index contributed by atoms with van der Waals surface area (Å²) < 4.78 is 62.3. The Bertz CT molecular complexity index is 560. The van der Waals surface area contributed by atoms with E-state index in [1.165, 1.54) is 16.4 Å². The second-order valence-corrected chi connectivity index (χ2v) is 7.42. The molecule has 0 aliphatic carbocycles. The largest absolute Gasteiger partial charge is 0.522 e. The van der Waals surface area contributed by atoms with Crippen LogP contribution in [0.25, 0.3) is 0 Å². The minimum absolute atomic E-state index is 0.0522. The lowest BCUT2D eigenvalue weighted by Gasteiger charge is -1.97. The molecule has 0 aliphatic rings. The van der Waals surface area contributed by atoms with Crippen molar-refractivity contribution in [1.82, 2.24) is 0 Å². The van der Waals surface area contributed by atoms with Crippen LogP contribution in [0.15, 0.2) is 30.3 Å². The molecule has 3 nitrogen and oxygen atoms in total. The average Bonchev–Trinajstić information content (AvgIpc) is 2.38. The van der Waals surface area contributed by atoms with Gasteiger partial charge in [0.15, 0.2) is 3.93 Å². The van der Waals surface area contributed by atoms with Crippen molar-refractivity contribution in [2.75, 3.05) is 0 Å². The summed E-state index contributed by atoms with van der Waals surface area (Å²) in [5, 5.41) is 0. The van der Waals surface area contributed by atoms with E-state index in [0.717, 1.165) is 6.42 Å². The van der Waals surface area contributed by atoms with E-state index in [2.05, 4.69) is 47.1 Å². The van der Waals surface area contributed by atoms with Crippen molar-refractivity contribution in [3.8, 4) is 9.85 Å². The zero-order valence-electron chi connectivity index (χ0n) is 11.2. The SMILES string of the molecule is CCCCC#C[I+]c1ccccc1.O=S(=O)(O)C(F)(F)F. The van der Waals surface area contributed by atoms with Gasteiger partial charge in [-0.05, 0) is 24.5 Å². The summed E-state index contributed by atoms with van der Waals surface area (Å²) in [6.45, 7) is 2.20. The maximum atomic E-state index is 10.7. The molecule has 0 saturated carbocycles. The molecule has 118 valence electrons. The molecule has 21 heavy (non-hydrogen) atoms. The highest BCUT2D eigenvalue weighted by molar-refractivity contribution is 7.86. The minimum atomic E-state index is -5.84. The second-order valence-electron chi connectivity index (χ2n) is 3.69. The summed E-state index contributed by atoms with van der Waals surface area (Å²) in [5.74, 6) is 3.23. The first-order valence-corrected chi connectivity index (χ1v) is 9.48. The smallest absolute Gasteiger partial charge is 0.279 e. The van der Waals surface area contributed by atoms with Crippen LogP contribution in [0, 0.1) is 13.4 Å². The van der Waals surface area contributed by atoms with E-state index in [4.69, 9.17) is 13.0 Å². The molecule has 0 aliphatic heterocycles. The normalized spacial score (nSPS) is 10.9. The van der Waals surface area contributed by atoms with E-state index in [9.17, 15) is 13.2 Å². The van der Waals surface area contributed by atoms with Gasteiger partial charge in [-0.3, -0.25) is 4.55 Å². The topological polar surface area (TPSA) is 54.4 Å². The van der Waals surface area contributed by atoms with Crippen LogP contribution in [-0.2, 0) is 10.1 Å². The van der Waals surface area contributed by atoms with Gasteiger partial charge in [0.1, 0.15) is 0 Å². The number of hydrogen-bond donors (Lipinski definition) is 1. The third kappa shape index (κ3) is 10.6. The summed E-state index contributed by atoms with van der Waals surface area (Å²) in [7, 11) is -5.84.